The monoisotopic (exact) mass is 449 g/mol. The highest BCUT2D eigenvalue weighted by molar-refractivity contribution is 7.92. The van der Waals surface area contributed by atoms with Crippen LogP contribution in [0.4, 0.5) is 24.7 Å². The van der Waals surface area contributed by atoms with E-state index in [4.69, 9.17) is 11.6 Å². The number of carbonyl (C=O) groups excluding carboxylic acids is 1. The highest BCUT2D eigenvalue weighted by atomic mass is 35.5. The fraction of sp³-hybridized carbons (Fsp3) is 0.294. The number of amides is 1. The average Bonchev–Trinajstić information content (AvgIpc) is 3.07. The van der Waals surface area contributed by atoms with Crippen LogP contribution in [0.3, 0.4) is 0 Å². The molecule has 0 saturated carbocycles. The van der Waals surface area contributed by atoms with Crippen molar-refractivity contribution in [2.24, 2.45) is 0 Å². The van der Waals surface area contributed by atoms with E-state index in [0.717, 1.165) is 24.3 Å². The standard InChI is InChI=1S/C17H15ClF3N3O4S/c18-14-7-10(8-22-15(14)24-6-5-12(25)9-24)16(26)23-11-1-3-13(4-2-11)29(27,28)17(19,20)21/h1-4,7-8,12,25H,5-6,9H2,(H,23,26). The van der Waals surface area contributed by atoms with Gasteiger partial charge in [-0.1, -0.05) is 11.6 Å². The molecular weight excluding hydrogens is 435 g/mol. The maximum Gasteiger partial charge on any atom is 0.501 e. The summed E-state index contributed by atoms with van der Waals surface area (Å²) in [5.74, 6) is -0.194. The van der Waals surface area contributed by atoms with Gasteiger partial charge in [0, 0.05) is 25.0 Å². The van der Waals surface area contributed by atoms with Crippen LogP contribution in [-0.4, -0.2) is 49.1 Å². The van der Waals surface area contributed by atoms with Crippen LogP contribution >= 0.6 is 11.6 Å². The molecule has 12 heteroatoms. The maximum atomic E-state index is 12.6. The first-order valence-electron chi connectivity index (χ1n) is 8.30. The molecule has 1 aromatic heterocycles. The van der Waals surface area contributed by atoms with Crippen LogP contribution in [0.1, 0.15) is 16.8 Å². The van der Waals surface area contributed by atoms with Gasteiger partial charge in [0.05, 0.1) is 21.6 Å². The molecule has 1 unspecified atom stereocenters. The summed E-state index contributed by atoms with van der Waals surface area (Å²) in [6.07, 6.45) is 1.39. The highest BCUT2D eigenvalue weighted by Crippen LogP contribution is 2.31. The number of hydrogen-bond acceptors (Lipinski definition) is 6. The van der Waals surface area contributed by atoms with Crippen molar-refractivity contribution in [2.45, 2.75) is 22.9 Å². The Labute approximate surface area is 169 Å². The lowest BCUT2D eigenvalue weighted by Crippen LogP contribution is -2.23. The second kappa shape index (κ2) is 7.81. The van der Waals surface area contributed by atoms with Crippen molar-refractivity contribution in [1.82, 2.24) is 4.98 Å². The van der Waals surface area contributed by atoms with Crippen LogP contribution in [0.25, 0.3) is 0 Å². The van der Waals surface area contributed by atoms with E-state index in [9.17, 15) is 31.5 Å². The summed E-state index contributed by atoms with van der Waals surface area (Å²) in [6, 6.07) is 4.99. The Balaban J connectivity index is 1.73. The van der Waals surface area contributed by atoms with Crippen molar-refractivity contribution in [1.29, 1.82) is 0 Å². The SMILES string of the molecule is O=C(Nc1ccc(S(=O)(=O)C(F)(F)F)cc1)c1cnc(N2CCC(O)C2)c(Cl)c1. The number of aliphatic hydroxyl groups excluding tert-OH is 1. The molecule has 2 heterocycles. The molecule has 0 aliphatic carbocycles. The number of aromatic nitrogens is 1. The zero-order chi connectivity index (χ0) is 21.4. The number of nitrogens with zero attached hydrogens (tertiary/aromatic N) is 2. The quantitative estimate of drug-likeness (QED) is 0.744. The van der Waals surface area contributed by atoms with Crippen LogP contribution in [0.15, 0.2) is 41.4 Å². The molecule has 1 aliphatic rings. The maximum absolute atomic E-state index is 12.6. The molecule has 1 saturated heterocycles. The minimum Gasteiger partial charge on any atom is -0.391 e. The molecule has 1 aromatic carbocycles. The number of nitrogens with one attached hydrogen (secondary N) is 1. The minimum absolute atomic E-state index is 0.0963. The van der Waals surface area contributed by atoms with E-state index in [2.05, 4.69) is 10.3 Å². The number of sulfone groups is 1. The van der Waals surface area contributed by atoms with Gasteiger partial charge in [-0.15, -0.1) is 0 Å². The number of aliphatic hydroxyl groups is 1. The number of hydrogen-bond donors (Lipinski definition) is 2. The summed E-state index contributed by atoms with van der Waals surface area (Å²) in [5.41, 5.74) is -5.21. The Morgan fingerprint density at radius 3 is 2.45 bits per heavy atom. The molecule has 156 valence electrons. The van der Waals surface area contributed by atoms with E-state index in [-0.39, 0.29) is 16.3 Å². The first-order valence-corrected chi connectivity index (χ1v) is 10.2. The number of β-amino-alcohol motifs (C(OH)–C–C–N with tert-alkyl or cyclic N) is 1. The summed E-state index contributed by atoms with van der Waals surface area (Å²) >= 11 is 6.18. The molecule has 1 atom stereocenters. The van der Waals surface area contributed by atoms with Crippen molar-refractivity contribution in [3.05, 3.63) is 47.1 Å². The molecule has 29 heavy (non-hydrogen) atoms. The number of benzene rings is 1. The smallest absolute Gasteiger partial charge is 0.391 e. The number of alkyl halides is 3. The third-order valence-corrected chi connectivity index (χ3v) is 6.05. The third kappa shape index (κ3) is 4.46. The molecule has 0 bridgehead atoms. The van der Waals surface area contributed by atoms with Crippen molar-refractivity contribution >= 4 is 38.9 Å². The highest BCUT2D eigenvalue weighted by Gasteiger charge is 2.46. The molecule has 2 N–H and O–H groups in total. The molecule has 2 aromatic rings. The number of rotatable bonds is 4. The predicted octanol–water partition coefficient (Wildman–Crippen LogP) is 2.85. The lowest BCUT2D eigenvalue weighted by atomic mass is 10.2. The average molecular weight is 450 g/mol. The van der Waals surface area contributed by atoms with Gasteiger partial charge in [0.15, 0.2) is 0 Å². The van der Waals surface area contributed by atoms with E-state index in [1.807, 2.05) is 0 Å². The fourth-order valence-corrected chi connectivity index (χ4v) is 3.82. The number of pyridine rings is 1. The largest absolute Gasteiger partial charge is 0.501 e. The fourth-order valence-electron chi connectivity index (χ4n) is 2.78. The second-order valence-electron chi connectivity index (χ2n) is 6.35. The topological polar surface area (TPSA) is 99.6 Å². The Morgan fingerprint density at radius 2 is 1.93 bits per heavy atom. The molecular formula is C17H15ClF3N3O4S. The van der Waals surface area contributed by atoms with E-state index in [1.54, 1.807) is 4.90 Å². The van der Waals surface area contributed by atoms with Gasteiger partial charge in [-0.25, -0.2) is 13.4 Å². The summed E-state index contributed by atoms with van der Waals surface area (Å²) in [5, 5.41) is 12.2. The van der Waals surface area contributed by atoms with Gasteiger partial charge in [0.2, 0.25) is 0 Å². The molecule has 3 rings (SSSR count). The van der Waals surface area contributed by atoms with Gasteiger partial charge in [-0.2, -0.15) is 13.2 Å². The molecule has 7 nitrogen and oxygen atoms in total. The van der Waals surface area contributed by atoms with Crippen molar-refractivity contribution in [3.63, 3.8) is 0 Å². The second-order valence-corrected chi connectivity index (χ2v) is 8.69. The lowest BCUT2D eigenvalue weighted by molar-refractivity contribution is -0.0436. The van der Waals surface area contributed by atoms with Gasteiger partial charge in [-0.05, 0) is 36.8 Å². The van der Waals surface area contributed by atoms with E-state index >= 15 is 0 Å². The van der Waals surface area contributed by atoms with Crippen LogP contribution in [0.5, 0.6) is 0 Å². The number of halogens is 4. The first kappa shape index (κ1) is 21.3. The number of carbonyl (C=O) groups is 1. The van der Waals surface area contributed by atoms with Crippen molar-refractivity contribution < 1.29 is 31.5 Å². The van der Waals surface area contributed by atoms with Crippen LogP contribution in [0.2, 0.25) is 5.02 Å². The Bertz CT molecular complexity index is 1030. The van der Waals surface area contributed by atoms with Gasteiger partial charge in [0.1, 0.15) is 5.82 Å². The van der Waals surface area contributed by atoms with Crippen molar-refractivity contribution in [3.8, 4) is 0 Å². The van der Waals surface area contributed by atoms with Crippen molar-refractivity contribution in [2.75, 3.05) is 23.3 Å². The molecule has 0 radical (unpaired) electrons. The summed E-state index contributed by atoms with van der Waals surface area (Å²) in [7, 11) is -5.46. The normalized spacial score (nSPS) is 17.4. The Kier molecular flexibility index (Phi) is 5.74. The zero-order valence-electron chi connectivity index (χ0n) is 14.6. The molecule has 0 spiro atoms. The summed E-state index contributed by atoms with van der Waals surface area (Å²) in [4.78, 5) is 17.3. The van der Waals surface area contributed by atoms with Gasteiger partial charge in [-0.3, -0.25) is 4.79 Å². The van der Waals surface area contributed by atoms with Gasteiger partial charge >= 0.3 is 5.51 Å². The first-order chi connectivity index (χ1) is 13.5. The summed E-state index contributed by atoms with van der Waals surface area (Å²) < 4.78 is 60.4. The molecule has 1 amide bonds. The van der Waals surface area contributed by atoms with E-state index in [0.29, 0.717) is 25.3 Å². The minimum atomic E-state index is -5.46. The zero-order valence-corrected chi connectivity index (χ0v) is 16.2. The van der Waals surface area contributed by atoms with E-state index in [1.165, 1.54) is 12.3 Å². The molecule has 1 aliphatic heterocycles. The van der Waals surface area contributed by atoms with Gasteiger partial charge < -0.3 is 15.3 Å². The van der Waals surface area contributed by atoms with Crippen LogP contribution < -0.4 is 10.2 Å². The number of anilines is 2. The Hall–Kier alpha value is -2.37. The third-order valence-electron chi connectivity index (χ3n) is 4.27. The summed E-state index contributed by atoms with van der Waals surface area (Å²) in [6.45, 7) is 0.956. The van der Waals surface area contributed by atoms with E-state index < -0.39 is 32.3 Å². The van der Waals surface area contributed by atoms with Gasteiger partial charge in [0.25, 0.3) is 15.7 Å². The Morgan fingerprint density at radius 1 is 1.28 bits per heavy atom. The molecule has 1 fully saturated rings. The van der Waals surface area contributed by atoms with Crippen LogP contribution in [0, 0.1) is 0 Å². The van der Waals surface area contributed by atoms with Crippen LogP contribution in [-0.2, 0) is 9.84 Å². The predicted molar refractivity (Wildman–Crippen MR) is 99.7 cm³/mol. The lowest BCUT2D eigenvalue weighted by Gasteiger charge is -2.18.